The first-order valence-electron chi connectivity index (χ1n) is 10.1. The number of carbonyl (C=O) groups is 1. The van der Waals surface area contributed by atoms with Gasteiger partial charge < -0.3 is 5.32 Å². The number of nitrogens with one attached hydrogen (secondary N) is 2. The van der Waals surface area contributed by atoms with Crippen LogP contribution in [0.3, 0.4) is 0 Å². The van der Waals surface area contributed by atoms with Crippen LogP contribution in [0.1, 0.15) is 62.8 Å². The normalized spacial score (nSPS) is 19.6. The van der Waals surface area contributed by atoms with Gasteiger partial charge in [0.05, 0.1) is 12.3 Å². The summed E-state index contributed by atoms with van der Waals surface area (Å²) in [5.41, 5.74) is 1.17. The number of rotatable bonds is 6. The van der Waals surface area contributed by atoms with Crippen molar-refractivity contribution in [1.82, 2.24) is 5.32 Å². The molecule has 0 bridgehead atoms. The molecule has 8 heteroatoms. The molecule has 2 aromatic rings. The van der Waals surface area contributed by atoms with Crippen LogP contribution in [-0.4, -0.2) is 20.6 Å². The third-order valence-electron chi connectivity index (χ3n) is 5.44. The fraction of sp³-hybridized carbons (Fsp3) is 0.435. The molecule has 168 valence electrons. The first kappa shape index (κ1) is 23.2. The van der Waals surface area contributed by atoms with E-state index in [1.165, 1.54) is 12.1 Å². The molecule has 2 aromatic carbocycles. The lowest BCUT2D eigenvalue weighted by molar-refractivity contribution is -0.123. The molecule has 5 nitrogen and oxygen atoms in total. The number of amides is 1. The molecule has 1 fully saturated rings. The molecule has 0 saturated heterocycles. The number of anilines is 1. The van der Waals surface area contributed by atoms with Crippen molar-refractivity contribution >= 4 is 21.6 Å². The summed E-state index contributed by atoms with van der Waals surface area (Å²) < 4.78 is 54.0. The zero-order chi connectivity index (χ0) is 23.1. The van der Waals surface area contributed by atoms with E-state index in [9.17, 15) is 22.0 Å². The molecule has 1 aliphatic carbocycles. The smallest absolute Gasteiger partial charge is 0.229 e. The predicted molar refractivity (Wildman–Crippen MR) is 117 cm³/mol. The first-order valence-corrected chi connectivity index (χ1v) is 12.0. The summed E-state index contributed by atoms with van der Waals surface area (Å²) in [5.74, 6) is -1.86. The van der Waals surface area contributed by atoms with Gasteiger partial charge >= 0.3 is 0 Å². The van der Waals surface area contributed by atoms with Crippen LogP contribution in [0.4, 0.5) is 14.5 Å². The van der Waals surface area contributed by atoms with Gasteiger partial charge in [0.25, 0.3) is 0 Å². The van der Waals surface area contributed by atoms with Gasteiger partial charge in [-0.15, -0.1) is 0 Å². The molecule has 3 atom stereocenters. The quantitative estimate of drug-likeness (QED) is 0.675. The van der Waals surface area contributed by atoms with Crippen LogP contribution < -0.4 is 10.0 Å². The third-order valence-corrected chi connectivity index (χ3v) is 6.05. The van der Waals surface area contributed by atoms with E-state index in [-0.39, 0.29) is 29.3 Å². The number of sulfonamides is 1. The zero-order valence-corrected chi connectivity index (χ0v) is 19.1. The summed E-state index contributed by atoms with van der Waals surface area (Å²) in [5, 5.41) is 2.93. The van der Waals surface area contributed by atoms with Crippen molar-refractivity contribution in [2.24, 2.45) is 5.92 Å². The van der Waals surface area contributed by atoms with E-state index in [0.29, 0.717) is 17.7 Å². The van der Waals surface area contributed by atoms with Crippen molar-refractivity contribution in [3.05, 3.63) is 64.7 Å². The van der Waals surface area contributed by atoms with Crippen LogP contribution >= 0.6 is 0 Å². The summed E-state index contributed by atoms with van der Waals surface area (Å²) in [6.07, 6.45) is 1.62. The number of benzene rings is 2. The van der Waals surface area contributed by atoms with Gasteiger partial charge in [0, 0.05) is 17.2 Å². The summed E-state index contributed by atoms with van der Waals surface area (Å²) in [6, 6.07) is 9.12. The lowest BCUT2D eigenvalue weighted by Crippen LogP contribution is -2.28. The lowest BCUT2D eigenvalue weighted by atomic mass is 9.85. The van der Waals surface area contributed by atoms with E-state index in [4.69, 9.17) is 0 Å². The van der Waals surface area contributed by atoms with Gasteiger partial charge in [0.2, 0.25) is 15.9 Å². The molecule has 3 rings (SSSR count). The Morgan fingerprint density at radius 2 is 1.65 bits per heavy atom. The van der Waals surface area contributed by atoms with Crippen molar-refractivity contribution in [3.8, 4) is 0 Å². The van der Waals surface area contributed by atoms with Gasteiger partial charge in [-0.05, 0) is 60.1 Å². The summed E-state index contributed by atoms with van der Waals surface area (Å²) >= 11 is 0. The maximum atomic E-state index is 14.5. The summed E-state index contributed by atoms with van der Waals surface area (Å²) in [6.45, 7) is 7.10. The largest absolute Gasteiger partial charge is 0.349 e. The first-order chi connectivity index (χ1) is 14.3. The maximum Gasteiger partial charge on any atom is 0.229 e. The van der Waals surface area contributed by atoms with Gasteiger partial charge in [-0.25, -0.2) is 17.2 Å². The summed E-state index contributed by atoms with van der Waals surface area (Å²) in [7, 11) is -3.36. The molecule has 2 N–H and O–H groups in total. The molecule has 0 heterocycles. The molecule has 0 aromatic heterocycles. The zero-order valence-electron chi connectivity index (χ0n) is 18.3. The molecular formula is C23H28F2N2O3S. The van der Waals surface area contributed by atoms with Gasteiger partial charge in [-0.3, -0.25) is 9.52 Å². The minimum atomic E-state index is -3.36. The molecular weight excluding hydrogens is 422 g/mol. The van der Waals surface area contributed by atoms with Crippen molar-refractivity contribution in [1.29, 1.82) is 0 Å². The third kappa shape index (κ3) is 5.61. The van der Waals surface area contributed by atoms with E-state index in [1.54, 1.807) is 45.0 Å². The minimum absolute atomic E-state index is 0.0559. The number of hydrogen-bond donors (Lipinski definition) is 2. The van der Waals surface area contributed by atoms with Crippen molar-refractivity contribution < 1.29 is 22.0 Å². The standard InChI is InChI=1S/C23H28F2N2O3S/c1-13(14-6-8-16(9-7-14)27-31(5,29)30)26-22(28)18-12-17(18)15-10-19(24)21(20(25)11-15)23(2,3)4/h6-11,13,17-18,27H,12H2,1-5H3,(H,26,28)/t13-,17-,18-/m1/s1. The second-order valence-corrected chi connectivity index (χ2v) is 11.0. The Morgan fingerprint density at radius 1 is 1.10 bits per heavy atom. The Kier molecular flexibility index (Phi) is 6.15. The topological polar surface area (TPSA) is 75.3 Å². The lowest BCUT2D eigenvalue weighted by Gasteiger charge is -2.21. The van der Waals surface area contributed by atoms with Gasteiger partial charge in [0.15, 0.2) is 0 Å². The van der Waals surface area contributed by atoms with Gasteiger partial charge in [-0.2, -0.15) is 0 Å². The van der Waals surface area contributed by atoms with Crippen LogP contribution in [0.5, 0.6) is 0 Å². The number of hydrogen-bond acceptors (Lipinski definition) is 3. The summed E-state index contributed by atoms with van der Waals surface area (Å²) in [4.78, 5) is 12.6. The molecule has 1 saturated carbocycles. The van der Waals surface area contributed by atoms with E-state index >= 15 is 0 Å². The van der Waals surface area contributed by atoms with Crippen molar-refractivity contribution in [2.45, 2.75) is 51.5 Å². The Labute approximate surface area is 182 Å². The van der Waals surface area contributed by atoms with E-state index < -0.39 is 27.1 Å². The van der Waals surface area contributed by atoms with Crippen LogP contribution in [0.25, 0.3) is 0 Å². The van der Waals surface area contributed by atoms with Crippen LogP contribution in [0.15, 0.2) is 36.4 Å². The van der Waals surface area contributed by atoms with Crippen LogP contribution in [0.2, 0.25) is 0 Å². The highest BCUT2D eigenvalue weighted by Crippen LogP contribution is 2.48. The Balaban J connectivity index is 1.64. The highest BCUT2D eigenvalue weighted by Gasteiger charge is 2.45. The second-order valence-electron chi connectivity index (χ2n) is 9.28. The highest BCUT2D eigenvalue weighted by molar-refractivity contribution is 7.92. The molecule has 1 amide bonds. The minimum Gasteiger partial charge on any atom is -0.349 e. The molecule has 0 unspecified atom stereocenters. The van der Waals surface area contributed by atoms with Gasteiger partial charge in [-0.1, -0.05) is 32.9 Å². The van der Waals surface area contributed by atoms with Crippen molar-refractivity contribution in [3.63, 3.8) is 0 Å². The van der Waals surface area contributed by atoms with Gasteiger partial charge in [0.1, 0.15) is 11.6 Å². The average molecular weight is 451 g/mol. The molecule has 1 aliphatic rings. The predicted octanol–water partition coefficient (Wildman–Crippen LogP) is 4.61. The fourth-order valence-corrected chi connectivity index (χ4v) is 4.40. The monoisotopic (exact) mass is 450 g/mol. The van der Waals surface area contributed by atoms with Crippen LogP contribution in [0, 0.1) is 17.6 Å². The number of carbonyl (C=O) groups excluding carboxylic acids is 1. The Bertz CT molecular complexity index is 1070. The van der Waals surface area contributed by atoms with E-state index in [0.717, 1.165) is 11.8 Å². The fourth-order valence-electron chi connectivity index (χ4n) is 3.83. The molecule has 0 aliphatic heterocycles. The Hall–Kier alpha value is -2.48. The second kappa shape index (κ2) is 8.22. The van der Waals surface area contributed by atoms with E-state index in [2.05, 4.69) is 10.0 Å². The molecule has 0 spiro atoms. The molecule has 0 radical (unpaired) electrons. The number of halogens is 2. The SMILES string of the molecule is C[C@@H](NC(=O)[C@@H]1C[C@@H]1c1cc(F)c(C(C)(C)C)c(F)c1)c1ccc(NS(C)(=O)=O)cc1. The maximum absolute atomic E-state index is 14.5. The average Bonchev–Trinajstić information content (AvgIpc) is 3.40. The van der Waals surface area contributed by atoms with E-state index in [1.807, 2.05) is 6.92 Å². The van der Waals surface area contributed by atoms with Crippen molar-refractivity contribution in [2.75, 3.05) is 11.0 Å². The highest BCUT2D eigenvalue weighted by atomic mass is 32.2. The Morgan fingerprint density at radius 3 is 2.13 bits per heavy atom. The van der Waals surface area contributed by atoms with Crippen LogP contribution in [-0.2, 0) is 20.2 Å². The molecule has 31 heavy (non-hydrogen) atoms.